The third-order valence-electron chi connectivity index (χ3n) is 1.45. The molecule has 0 radical (unpaired) electrons. The molecule has 12 heavy (non-hydrogen) atoms. The van der Waals surface area contributed by atoms with Gasteiger partial charge in [0.2, 0.25) is 0 Å². The second-order valence-corrected chi connectivity index (χ2v) is 2.42. The highest BCUT2D eigenvalue weighted by atomic mass is 16.4. The number of benzene rings is 1. The first kappa shape index (κ1) is 8.35. The van der Waals surface area contributed by atoms with Gasteiger partial charge < -0.3 is 5.11 Å². The molecule has 1 aromatic rings. The molecule has 0 unspecified atom stereocenters. The standard InChI is InChI=1S/C10H8O2/c1-2-8-4-3-5-9(6-8)7-10(11)12/h1,3-6H,7H2,(H,11,12). The molecule has 2 nitrogen and oxygen atoms in total. The summed E-state index contributed by atoms with van der Waals surface area (Å²) in [6, 6.07) is 6.97. The second-order valence-electron chi connectivity index (χ2n) is 2.42. The first-order valence-electron chi connectivity index (χ1n) is 3.49. The molecule has 0 bridgehead atoms. The Balaban J connectivity index is 2.88. The van der Waals surface area contributed by atoms with Crippen LogP contribution in [0.4, 0.5) is 0 Å². The maximum Gasteiger partial charge on any atom is 0.307 e. The summed E-state index contributed by atoms with van der Waals surface area (Å²) in [5, 5.41) is 8.48. The zero-order chi connectivity index (χ0) is 8.97. The van der Waals surface area contributed by atoms with Crippen LogP contribution in [0.25, 0.3) is 0 Å². The van der Waals surface area contributed by atoms with E-state index in [0.717, 1.165) is 5.56 Å². The number of hydrogen-bond donors (Lipinski definition) is 1. The fourth-order valence-corrected chi connectivity index (χ4v) is 0.946. The van der Waals surface area contributed by atoms with Gasteiger partial charge in [-0.25, -0.2) is 0 Å². The van der Waals surface area contributed by atoms with E-state index in [4.69, 9.17) is 11.5 Å². The monoisotopic (exact) mass is 160 g/mol. The van der Waals surface area contributed by atoms with E-state index in [1.165, 1.54) is 0 Å². The Bertz CT molecular complexity index is 334. The van der Waals surface area contributed by atoms with Crippen LogP contribution < -0.4 is 0 Å². The van der Waals surface area contributed by atoms with Crippen LogP contribution in [0, 0.1) is 12.3 Å². The van der Waals surface area contributed by atoms with Crippen molar-refractivity contribution in [2.75, 3.05) is 0 Å². The van der Waals surface area contributed by atoms with Crippen molar-refractivity contribution in [1.82, 2.24) is 0 Å². The Labute approximate surface area is 70.8 Å². The summed E-state index contributed by atoms with van der Waals surface area (Å²) in [4.78, 5) is 10.3. The number of carboxylic acids is 1. The van der Waals surface area contributed by atoms with E-state index in [-0.39, 0.29) is 6.42 Å². The number of terminal acetylenes is 1. The normalized spacial score (nSPS) is 8.92. The number of carbonyl (C=O) groups is 1. The van der Waals surface area contributed by atoms with Gasteiger partial charge in [0, 0.05) is 5.56 Å². The molecule has 1 aromatic carbocycles. The lowest BCUT2D eigenvalue weighted by molar-refractivity contribution is -0.136. The lowest BCUT2D eigenvalue weighted by Crippen LogP contribution is -1.99. The third kappa shape index (κ3) is 2.14. The highest BCUT2D eigenvalue weighted by Gasteiger charge is 1.99. The summed E-state index contributed by atoms with van der Waals surface area (Å²) < 4.78 is 0. The van der Waals surface area contributed by atoms with Crippen molar-refractivity contribution < 1.29 is 9.90 Å². The lowest BCUT2D eigenvalue weighted by atomic mass is 10.1. The Hall–Kier alpha value is -1.75. The van der Waals surface area contributed by atoms with Crippen LogP contribution in [0.15, 0.2) is 24.3 Å². The van der Waals surface area contributed by atoms with Crippen LogP contribution in [0.5, 0.6) is 0 Å². The maximum atomic E-state index is 10.3. The van der Waals surface area contributed by atoms with Gasteiger partial charge in [0.15, 0.2) is 0 Å². The molecule has 0 saturated carbocycles. The molecule has 0 spiro atoms. The summed E-state index contributed by atoms with van der Waals surface area (Å²) in [5.74, 6) is 1.60. The molecular formula is C10H8O2. The van der Waals surface area contributed by atoms with Gasteiger partial charge in [-0.15, -0.1) is 6.42 Å². The summed E-state index contributed by atoms with van der Waals surface area (Å²) in [6.45, 7) is 0. The molecule has 0 atom stereocenters. The quantitative estimate of drug-likeness (QED) is 0.662. The van der Waals surface area contributed by atoms with Gasteiger partial charge >= 0.3 is 5.97 Å². The van der Waals surface area contributed by atoms with E-state index < -0.39 is 5.97 Å². The number of aliphatic carboxylic acids is 1. The van der Waals surface area contributed by atoms with E-state index in [0.29, 0.717) is 5.56 Å². The lowest BCUT2D eigenvalue weighted by Gasteiger charge is -1.96. The van der Waals surface area contributed by atoms with Gasteiger partial charge in [0.25, 0.3) is 0 Å². The Morgan fingerprint density at radius 1 is 1.58 bits per heavy atom. The van der Waals surface area contributed by atoms with Gasteiger partial charge in [-0.3, -0.25) is 4.79 Å². The Morgan fingerprint density at radius 3 is 2.92 bits per heavy atom. The van der Waals surface area contributed by atoms with E-state index in [9.17, 15) is 4.79 Å². The molecule has 0 aliphatic rings. The van der Waals surface area contributed by atoms with Crippen molar-refractivity contribution in [2.24, 2.45) is 0 Å². The summed E-state index contributed by atoms with van der Waals surface area (Å²) in [5.41, 5.74) is 1.45. The number of hydrogen-bond acceptors (Lipinski definition) is 1. The average Bonchev–Trinajstić information content (AvgIpc) is 2.03. The maximum absolute atomic E-state index is 10.3. The Morgan fingerprint density at radius 2 is 2.33 bits per heavy atom. The summed E-state index contributed by atoms with van der Waals surface area (Å²) in [6.07, 6.45) is 5.18. The third-order valence-corrected chi connectivity index (χ3v) is 1.45. The fraction of sp³-hybridized carbons (Fsp3) is 0.100. The van der Waals surface area contributed by atoms with Gasteiger partial charge in [0.05, 0.1) is 6.42 Å². The van der Waals surface area contributed by atoms with Crippen molar-refractivity contribution in [2.45, 2.75) is 6.42 Å². The minimum absolute atomic E-state index is 0.0233. The van der Waals surface area contributed by atoms with Crippen molar-refractivity contribution in [3.63, 3.8) is 0 Å². The van der Waals surface area contributed by atoms with Crippen LogP contribution in [0.2, 0.25) is 0 Å². The molecule has 0 aliphatic heterocycles. The van der Waals surface area contributed by atoms with E-state index in [2.05, 4.69) is 5.92 Å². The zero-order valence-electron chi connectivity index (χ0n) is 6.45. The van der Waals surface area contributed by atoms with Crippen LogP contribution in [0.1, 0.15) is 11.1 Å². The average molecular weight is 160 g/mol. The minimum Gasteiger partial charge on any atom is -0.481 e. The van der Waals surface area contributed by atoms with Crippen LogP contribution in [-0.4, -0.2) is 11.1 Å². The van der Waals surface area contributed by atoms with Crippen LogP contribution >= 0.6 is 0 Å². The van der Waals surface area contributed by atoms with Crippen LogP contribution in [0.3, 0.4) is 0 Å². The molecule has 0 aliphatic carbocycles. The van der Waals surface area contributed by atoms with Gasteiger partial charge in [0.1, 0.15) is 0 Å². The minimum atomic E-state index is -0.843. The van der Waals surface area contributed by atoms with Crippen molar-refractivity contribution in [1.29, 1.82) is 0 Å². The van der Waals surface area contributed by atoms with Crippen molar-refractivity contribution in [3.05, 3.63) is 35.4 Å². The first-order chi connectivity index (χ1) is 5.72. The number of rotatable bonds is 2. The summed E-state index contributed by atoms with van der Waals surface area (Å²) >= 11 is 0. The largest absolute Gasteiger partial charge is 0.481 e. The molecule has 60 valence electrons. The molecule has 0 amide bonds. The van der Waals surface area contributed by atoms with Crippen LogP contribution in [-0.2, 0) is 11.2 Å². The van der Waals surface area contributed by atoms with Crippen molar-refractivity contribution >= 4 is 5.97 Å². The van der Waals surface area contributed by atoms with Gasteiger partial charge in [-0.05, 0) is 17.7 Å². The smallest absolute Gasteiger partial charge is 0.307 e. The molecular weight excluding hydrogens is 152 g/mol. The molecule has 0 heterocycles. The first-order valence-corrected chi connectivity index (χ1v) is 3.49. The van der Waals surface area contributed by atoms with Gasteiger partial charge in [-0.1, -0.05) is 18.1 Å². The molecule has 1 N–H and O–H groups in total. The molecule has 0 aromatic heterocycles. The predicted octanol–water partition coefficient (Wildman–Crippen LogP) is 1.29. The van der Waals surface area contributed by atoms with E-state index in [1.54, 1.807) is 24.3 Å². The second kappa shape index (κ2) is 3.59. The number of carboxylic acid groups (broad SMARTS) is 1. The molecule has 1 rings (SSSR count). The van der Waals surface area contributed by atoms with Gasteiger partial charge in [-0.2, -0.15) is 0 Å². The van der Waals surface area contributed by atoms with Crippen molar-refractivity contribution in [3.8, 4) is 12.3 Å². The fourth-order valence-electron chi connectivity index (χ4n) is 0.946. The molecule has 0 fully saturated rings. The molecule has 0 saturated heterocycles. The van der Waals surface area contributed by atoms with E-state index >= 15 is 0 Å². The highest BCUT2D eigenvalue weighted by molar-refractivity contribution is 5.70. The zero-order valence-corrected chi connectivity index (χ0v) is 6.45. The molecule has 2 heteroatoms. The topological polar surface area (TPSA) is 37.3 Å². The SMILES string of the molecule is C#Cc1cccc(CC(=O)O)c1. The van der Waals surface area contributed by atoms with E-state index in [1.807, 2.05) is 0 Å². The highest BCUT2D eigenvalue weighted by Crippen LogP contribution is 2.04. The predicted molar refractivity (Wildman–Crippen MR) is 45.7 cm³/mol. The summed E-state index contributed by atoms with van der Waals surface area (Å²) in [7, 11) is 0. The Kier molecular flexibility index (Phi) is 2.49.